The molecular formula is C21H22FN3O5. The van der Waals surface area contributed by atoms with Crippen LogP contribution in [-0.4, -0.2) is 38.1 Å². The van der Waals surface area contributed by atoms with Crippen molar-refractivity contribution in [2.75, 3.05) is 21.3 Å². The van der Waals surface area contributed by atoms with E-state index in [4.69, 9.17) is 14.2 Å². The minimum Gasteiger partial charge on any atom is -0.493 e. The molecule has 3 N–H and O–H groups in total. The predicted molar refractivity (Wildman–Crippen MR) is 108 cm³/mol. The number of aromatic amines is 1. The van der Waals surface area contributed by atoms with E-state index in [2.05, 4.69) is 15.8 Å². The molecule has 30 heavy (non-hydrogen) atoms. The Balaban J connectivity index is 1.72. The number of carbonyl (C=O) groups is 2. The fourth-order valence-corrected chi connectivity index (χ4v) is 3.20. The monoisotopic (exact) mass is 415 g/mol. The molecule has 2 amide bonds. The summed E-state index contributed by atoms with van der Waals surface area (Å²) in [5, 5.41) is 0.624. The van der Waals surface area contributed by atoms with Crippen molar-refractivity contribution in [2.24, 2.45) is 0 Å². The highest BCUT2D eigenvalue weighted by atomic mass is 19.1. The number of rotatable bonds is 6. The fraction of sp³-hybridized carbons (Fsp3) is 0.238. The van der Waals surface area contributed by atoms with Gasteiger partial charge in [0.1, 0.15) is 5.82 Å². The van der Waals surface area contributed by atoms with Crippen molar-refractivity contribution in [1.82, 2.24) is 15.8 Å². The van der Waals surface area contributed by atoms with Crippen molar-refractivity contribution >= 4 is 22.7 Å². The van der Waals surface area contributed by atoms with Crippen LogP contribution in [0, 0.1) is 12.7 Å². The van der Waals surface area contributed by atoms with Crippen molar-refractivity contribution in [3.05, 3.63) is 53.0 Å². The third-order valence-corrected chi connectivity index (χ3v) is 4.66. The molecule has 3 aromatic rings. The van der Waals surface area contributed by atoms with Crippen LogP contribution in [0.2, 0.25) is 0 Å². The molecule has 0 bridgehead atoms. The zero-order valence-corrected chi connectivity index (χ0v) is 17.0. The average molecular weight is 415 g/mol. The molecule has 0 aliphatic rings. The van der Waals surface area contributed by atoms with Crippen LogP contribution in [0.25, 0.3) is 10.9 Å². The van der Waals surface area contributed by atoms with E-state index in [1.54, 1.807) is 13.0 Å². The van der Waals surface area contributed by atoms with E-state index in [0.717, 1.165) is 11.2 Å². The molecule has 0 spiro atoms. The molecule has 1 heterocycles. The first-order chi connectivity index (χ1) is 14.4. The summed E-state index contributed by atoms with van der Waals surface area (Å²) in [5.41, 5.74) is 7.07. The topological polar surface area (TPSA) is 102 Å². The first kappa shape index (κ1) is 21.0. The number of H-pyrrole nitrogens is 1. The molecule has 0 radical (unpaired) electrons. The first-order valence-corrected chi connectivity index (χ1v) is 9.03. The van der Waals surface area contributed by atoms with Gasteiger partial charge in [-0.05, 0) is 42.8 Å². The summed E-state index contributed by atoms with van der Waals surface area (Å²) in [6, 6.07) is 7.27. The highest BCUT2D eigenvalue weighted by Gasteiger charge is 2.18. The van der Waals surface area contributed by atoms with Gasteiger partial charge in [-0.15, -0.1) is 0 Å². The first-order valence-electron chi connectivity index (χ1n) is 9.03. The van der Waals surface area contributed by atoms with Crippen LogP contribution in [0.15, 0.2) is 30.3 Å². The van der Waals surface area contributed by atoms with Crippen molar-refractivity contribution < 1.29 is 28.2 Å². The molecule has 3 rings (SSSR count). The van der Waals surface area contributed by atoms with E-state index in [-0.39, 0.29) is 17.8 Å². The van der Waals surface area contributed by atoms with Gasteiger partial charge < -0.3 is 19.2 Å². The third-order valence-electron chi connectivity index (χ3n) is 4.66. The number of halogens is 1. The number of aromatic nitrogens is 1. The van der Waals surface area contributed by atoms with E-state index in [1.165, 1.54) is 45.6 Å². The molecule has 158 valence electrons. The molecule has 8 nitrogen and oxygen atoms in total. The fourth-order valence-electron chi connectivity index (χ4n) is 3.20. The smallest absolute Gasteiger partial charge is 0.269 e. The Bertz CT molecular complexity index is 1080. The Morgan fingerprint density at radius 3 is 2.27 bits per heavy atom. The lowest BCUT2D eigenvalue weighted by Crippen LogP contribution is -2.42. The second kappa shape index (κ2) is 8.73. The summed E-state index contributed by atoms with van der Waals surface area (Å²) in [4.78, 5) is 28.0. The Kier molecular flexibility index (Phi) is 6.10. The van der Waals surface area contributed by atoms with E-state index in [0.29, 0.717) is 28.2 Å². The molecule has 0 saturated heterocycles. The second-order valence-electron chi connectivity index (χ2n) is 6.51. The number of methoxy groups -OCH3 is 3. The number of ether oxygens (including phenoxy) is 3. The van der Waals surface area contributed by atoms with Crippen LogP contribution in [0.4, 0.5) is 4.39 Å². The summed E-state index contributed by atoms with van der Waals surface area (Å²) < 4.78 is 29.3. The lowest BCUT2D eigenvalue weighted by Gasteiger charge is -2.14. The average Bonchev–Trinajstić information content (AvgIpc) is 3.05. The van der Waals surface area contributed by atoms with Crippen molar-refractivity contribution in [3.63, 3.8) is 0 Å². The van der Waals surface area contributed by atoms with Gasteiger partial charge in [0.2, 0.25) is 11.7 Å². The van der Waals surface area contributed by atoms with E-state index >= 15 is 0 Å². The van der Waals surface area contributed by atoms with Crippen molar-refractivity contribution in [3.8, 4) is 17.2 Å². The SMILES string of the molecule is COc1cc(C(=O)NNC(=O)Cc2c(C)[nH]c3ccc(F)cc23)cc(OC)c1OC. The maximum Gasteiger partial charge on any atom is 0.269 e. The number of fused-ring (bicyclic) bond motifs is 1. The summed E-state index contributed by atoms with van der Waals surface area (Å²) >= 11 is 0. The van der Waals surface area contributed by atoms with Crippen LogP contribution in [0.3, 0.4) is 0 Å². The third kappa shape index (κ3) is 4.14. The van der Waals surface area contributed by atoms with Gasteiger partial charge in [-0.25, -0.2) is 4.39 Å². The largest absolute Gasteiger partial charge is 0.493 e. The predicted octanol–water partition coefficient (Wildman–Crippen LogP) is 2.64. The highest BCUT2D eigenvalue weighted by molar-refractivity contribution is 5.97. The maximum atomic E-state index is 13.6. The van der Waals surface area contributed by atoms with E-state index < -0.39 is 11.8 Å². The Hall–Kier alpha value is -3.75. The molecule has 0 unspecified atom stereocenters. The normalized spacial score (nSPS) is 10.6. The summed E-state index contributed by atoms with van der Waals surface area (Å²) in [5.74, 6) is -0.440. The van der Waals surface area contributed by atoms with E-state index in [1.807, 2.05) is 0 Å². The van der Waals surface area contributed by atoms with E-state index in [9.17, 15) is 14.0 Å². The van der Waals surface area contributed by atoms with Crippen LogP contribution >= 0.6 is 0 Å². The van der Waals surface area contributed by atoms with Gasteiger partial charge in [0.05, 0.1) is 27.8 Å². The van der Waals surface area contributed by atoms with Gasteiger partial charge in [0, 0.05) is 22.2 Å². The summed E-state index contributed by atoms with van der Waals surface area (Å²) in [6.45, 7) is 1.80. The van der Waals surface area contributed by atoms with Crippen LogP contribution < -0.4 is 25.1 Å². The van der Waals surface area contributed by atoms with Gasteiger partial charge in [-0.1, -0.05) is 0 Å². The molecule has 0 saturated carbocycles. The van der Waals surface area contributed by atoms with Gasteiger partial charge in [0.25, 0.3) is 5.91 Å². The number of amides is 2. The van der Waals surface area contributed by atoms with Crippen LogP contribution in [-0.2, 0) is 11.2 Å². The Morgan fingerprint density at radius 2 is 1.67 bits per heavy atom. The number of hydrazine groups is 1. The molecule has 0 aliphatic heterocycles. The Morgan fingerprint density at radius 1 is 1.00 bits per heavy atom. The molecular weight excluding hydrogens is 393 g/mol. The lowest BCUT2D eigenvalue weighted by atomic mass is 10.1. The maximum absolute atomic E-state index is 13.6. The van der Waals surface area contributed by atoms with Crippen LogP contribution in [0.1, 0.15) is 21.6 Å². The minimum absolute atomic E-state index is 0.0369. The number of benzene rings is 2. The number of hydrogen-bond acceptors (Lipinski definition) is 5. The van der Waals surface area contributed by atoms with Crippen molar-refractivity contribution in [1.29, 1.82) is 0 Å². The number of nitrogens with one attached hydrogen (secondary N) is 3. The Labute approximate surface area is 172 Å². The highest BCUT2D eigenvalue weighted by Crippen LogP contribution is 2.38. The van der Waals surface area contributed by atoms with Gasteiger partial charge >= 0.3 is 0 Å². The molecule has 1 aromatic heterocycles. The molecule has 0 atom stereocenters. The summed E-state index contributed by atoms with van der Waals surface area (Å²) in [7, 11) is 4.33. The van der Waals surface area contributed by atoms with Crippen LogP contribution in [0.5, 0.6) is 17.2 Å². The minimum atomic E-state index is -0.565. The molecule has 0 fully saturated rings. The molecule has 9 heteroatoms. The molecule has 2 aromatic carbocycles. The zero-order valence-electron chi connectivity index (χ0n) is 17.0. The molecule has 0 aliphatic carbocycles. The number of carbonyl (C=O) groups excluding carboxylic acids is 2. The van der Waals surface area contributed by atoms with Gasteiger partial charge in [0.15, 0.2) is 11.5 Å². The van der Waals surface area contributed by atoms with Crippen molar-refractivity contribution in [2.45, 2.75) is 13.3 Å². The van der Waals surface area contributed by atoms with Gasteiger partial charge in [-0.2, -0.15) is 0 Å². The number of aryl methyl sites for hydroxylation is 1. The second-order valence-corrected chi connectivity index (χ2v) is 6.51. The zero-order chi connectivity index (χ0) is 21.8. The lowest BCUT2D eigenvalue weighted by molar-refractivity contribution is -0.121. The van der Waals surface area contributed by atoms with Gasteiger partial charge in [-0.3, -0.25) is 20.4 Å². The standard InChI is InChI=1S/C21H22FN3O5/c1-11-14(15-9-13(22)5-6-16(15)23-11)10-19(26)24-25-21(27)12-7-17(28-2)20(30-4)18(8-12)29-3/h5-9,23H,10H2,1-4H3,(H,24,26)(H,25,27). The summed E-state index contributed by atoms with van der Waals surface area (Å²) in [6.07, 6.45) is -0.0369. The quantitative estimate of drug-likeness (QED) is 0.538. The number of hydrogen-bond donors (Lipinski definition) is 3.